The molecule has 1 fully saturated rings. The lowest BCUT2D eigenvalue weighted by Crippen LogP contribution is -2.40. The summed E-state index contributed by atoms with van der Waals surface area (Å²) in [6.07, 6.45) is 1.08. The Balaban J connectivity index is 2.38. The Morgan fingerprint density at radius 1 is 1.54 bits per heavy atom. The number of hydrogen-bond acceptors (Lipinski definition) is 3. The summed E-state index contributed by atoms with van der Waals surface area (Å²) in [6.45, 7) is 0. The van der Waals surface area contributed by atoms with E-state index in [9.17, 15) is 14.4 Å². The molecule has 72 valence electrons. The highest BCUT2D eigenvalue weighted by atomic mass is 16.4. The van der Waals surface area contributed by atoms with Gasteiger partial charge in [-0.05, 0) is 12.8 Å². The number of carbonyl (C=O) groups is 3. The Labute approximate surface area is 75.1 Å². The van der Waals surface area contributed by atoms with Crippen molar-refractivity contribution in [2.45, 2.75) is 25.7 Å². The highest BCUT2D eigenvalue weighted by Crippen LogP contribution is 2.17. The third kappa shape index (κ3) is 2.85. The number of carboxylic acids is 1. The predicted molar refractivity (Wildman–Crippen MR) is 42.7 cm³/mol. The van der Waals surface area contributed by atoms with Crippen molar-refractivity contribution in [2.75, 3.05) is 0 Å². The monoisotopic (exact) mass is 185 g/mol. The Hall–Kier alpha value is -1.39. The predicted octanol–water partition coefficient (Wildman–Crippen LogP) is -0.0960. The van der Waals surface area contributed by atoms with Crippen LogP contribution in [0.15, 0.2) is 0 Å². The number of amides is 2. The van der Waals surface area contributed by atoms with Gasteiger partial charge < -0.3 is 5.11 Å². The van der Waals surface area contributed by atoms with Crippen molar-refractivity contribution >= 4 is 17.8 Å². The Bertz CT molecular complexity index is 249. The first kappa shape index (κ1) is 9.70. The maximum absolute atomic E-state index is 11.1. The fourth-order valence-electron chi connectivity index (χ4n) is 1.31. The fraction of sp³-hybridized carbons (Fsp3) is 0.625. The Morgan fingerprint density at radius 2 is 2.23 bits per heavy atom. The minimum absolute atomic E-state index is 0.0216. The molecule has 0 aromatic carbocycles. The lowest BCUT2D eigenvalue weighted by molar-refractivity contribution is -0.138. The number of carboxylic acid groups (broad SMARTS) is 1. The highest BCUT2D eigenvalue weighted by molar-refractivity contribution is 5.98. The zero-order valence-corrected chi connectivity index (χ0v) is 7.08. The van der Waals surface area contributed by atoms with Crippen molar-refractivity contribution < 1.29 is 19.5 Å². The molecule has 1 atom stereocenters. The third-order valence-electron chi connectivity index (χ3n) is 2.06. The first-order valence-corrected chi connectivity index (χ1v) is 4.15. The molecule has 0 bridgehead atoms. The van der Waals surface area contributed by atoms with Crippen LogP contribution in [-0.2, 0) is 14.4 Å². The quantitative estimate of drug-likeness (QED) is 0.601. The lowest BCUT2D eigenvalue weighted by Gasteiger charge is -2.19. The van der Waals surface area contributed by atoms with Gasteiger partial charge in [0.15, 0.2) is 0 Å². The molecular formula is C8H11NO4. The summed E-state index contributed by atoms with van der Waals surface area (Å²) >= 11 is 0. The van der Waals surface area contributed by atoms with Crippen molar-refractivity contribution in [3.63, 3.8) is 0 Å². The number of aliphatic carboxylic acids is 1. The van der Waals surface area contributed by atoms with E-state index >= 15 is 0 Å². The summed E-state index contributed by atoms with van der Waals surface area (Å²) in [7, 11) is 0. The average molecular weight is 185 g/mol. The average Bonchev–Trinajstić information content (AvgIpc) is 2.02. The SMILES string of the molecule is O=C(O)CCC1CCC(=O)NC1=O. The van der Waals surface area contributed by atoms with Crippen LogP contribution in [0.4, 0.5) is 0 Å². The van der Waals surface area contributed by atoms with Gasteiger partial charge in [-0.15, -0.1) is 0 Å². The number of nitrogens with one attached hydrogen (secondary N) is 1. The van der Waals surface area contributed by atoms with Crippen LogP contribution in [0.5, 0.6) is 0 Å². The minimum Gasteiger partial charge on any atom is -0.481 e. The van der Waals surface area contributed by atoms with Gasteiger partial charge in [0.1, 0.15) is 0 Å². The molecule has 1 aliphatic heterocycles. The molecule has 1 rings (SSSR count). The summed E-state index contributed by atoms with van der Waals surface area (Å²) in [6, 6.07) is 0. The number of piperidine rings is 1. The zero-order valence-electron chi connectivity index (χ0n) is 7.08. The summed E-state index contributed by atoms with van der Waals surface area (Å²) in [4.78, 5) is 32.0. The summed E-state index contributed by atoms with van der Waals surface area (Å²) in [5.74, 6) is -1.83. The molecular weight excluding hydrogens is 174 g/mol. The molecule has 0 spiro atoms. The van der Waals surface area contributed by atoms with Gasteiger partial charge in [0, 0.05) is 18.8 Å². The zero-order chi connectivity index (χ0) is 9.84. The molecule has 0 saturated carbocycles. The molecule has 5 nitrogen and oxygen atoms in total. The van der Waals surface area contributed by atoms with Crippen LogP contribution in [0.1, 0.15) is 25.7 Å². The molecule has 2 N–H and O–H groups in total. The van der Waals surface area contributed by atoms with E-state index in [1.54, 1.807) is 0 Å². The van der Waals surface area contributed by atoms with Crippen LogP contribution in [0.25, 0.3) is 0 Å². The molecule has 5 heteroatoms. The normalized spacial score (nSPS) is 22.6. The number of rotatable bonds is 3. The van der Waals surface area contributed by atoms with Gasteiger partial charge in [0.2, 0.25) is 11.8 Å². The second-order valence-corrected chi connectivity index (χ2v) is 3.08. The molecule has 0 aliphatic carbocycles. The molecule has 0 radical (unpaired) electrons. The molecule has 13 heavy (non-hydrogen) atoms. The van der Waals surface area contributed by atoms with Crippen molar-refractivity contribution in [2.24, 2.45) is 5.92 Å². The summed E-state index contributed by atoms with van der Waals surface area (Å²) in [5.41, 5.74) is 0. The van der Waals surface area contributed by atoms with Gasteiger partial charge >= 0.3 is 5.97 Å². The lowest BCUT2D eigenvalue weighted by atomic mass is 9.93. The van der Waals surface area contributed by atoms with E-state index in [0.717, 1.165) is 0 Å². The summed E-state index contributed by atoms with van der Waals surface area (Å²) < 4.78 is 0. The molecule has 1 aliphatic rings. The molecule has 1 heterocycles. The van der Waals surface area contributed by atoms with E-state index in [1.807, 2.05) is 0 Å². The van der Waals surface area contributed by atoms with Gasteiger partial charge in [0.25, 0.3) is 0 Å². The van der Waals surface area contributed by atoms with E-state index in [1.165, 1.54) is 0 Å². The number of hydrogen-bond donors (Lipinski definition) is 2. The minimum atomic E-state index is -0.912. The highest BCUT2D eigenvalue weighted by Gasteiger charge is 2.26. The van der Waals surface area contributed by atoms with Crippen LogP contribution in [0, 0.1) is 5.92 Å². The van der Waals surface area contributed by atoms with Crippen LogP contribution < -0.4 is 5.32 Å². The van der Waals surface area contributed by atoms with E-state index in [0.29, 0.717) is 19.3 Å². The van der Waals surface area contributed by atoms with Gasteiger partial charge in [-0.25, -0.2) is 0 Å². The largest absolute Gasteiger partial charge is 0.481 e. The Kier molecular flexibility index (Phi) is 3.00. The summed E-state index contributed by atoms with van der Waals surface area (Å²) in [5, 5.41) is 10.6. The standard InChI is InChI=1S/C8H11NO4/c10-6-3-1-5(8(13)9-6)2-4-7(11)12/h5H,1-4H2,(H,11,12)(H,9,10,13). The third-order valence-corrected chi connectivity index (χ3v) is 2.06. The van der Waals surface area contributed by atoms with Gasteiger partial charge in [-0.1, -0.05) is 0 Å². The van der Waals surface area contributed by atoms with Gasteiger partial charge in [0.05, 0.1) is 0 Å². The first-order valence-electron chi connectivity index (χ1n) is 4.15. The van der Waals surface area contributed by atoms with Crippen LogP contribution in [0.3, 0.4) is 0 Å². The van der Waals surface area contributed by atoms with Crippen molar-refractivity contribution in [1.82, 2.24) is 5.32 Å². The van der Waals surface area contributed by atoms with Crippen molar-refractivity contribution in [1.29, 1.82) is 0 Å². The van der Waals surface area contributed by atoms with Crippen LogP contribution >= 0.6 is 0 Å². The Morgan fingerprint density at radius 3 is 2.77 bits per heavy atom. The topological polar surface area (TPSA) is 83.5 Å². The molecule has 1 saturated heterocycles. The fourth-order valence-corrected chi connectivity index (χ4v) is 1.31. The van der Waals surface area contributed by atoms with Crippen molar-refractivity contribution in [3.05, 3.63) is 0 Å². The number of carbonyl (C=O) groups excluding carboxylic acids is 2. The van der Waals surface area contributed by atoms with E-state index in [-0.39, 0.29) is 24.2 Å². The molecule has 0 aromatic rings. The van der Waals surface area contributed by atoms with Gasteiger partial charge in [-0.3, -0.25) is 19.7 Å². The van der Waals surface area contributed by atoms with Crippen LogP contribution in [-0.4, -0.2) is 22.9 Å². The van der Waals surface area contributed by atoms with Gasteiger partial charge in [-0.2, -0.15) is 0 Å². The van der Waals surface area contributed by atoms with Crippen LogP contribution in [0.2, 0.25) is 0 Å². The first-order chi connectivity index (χ1) is 6.09. The number of imide groups is 1. The molecule has 2 amide bonds. The second kappa shape index (κ2) is 4.02. The second-order valence-electron chi connectivity index (χ2n) is 3.08. The molecule has 0 aromatic heterocycles. The molecule has 1 unspecified atom stereocenters. The van der Waals surface area contributed by atoms with Crippen molar-refractivity contribution in [3.8, 4) is 0 Å². The maximum atomic E-state index is 11.1. The van der Waals surface area contributed by atoms with E-state index in [2.05, 4.69) is 5.32 Å². The smallest absolute Gasteiger partial charge is 0.303 e. The van der Waals surface area contributed by atoms with E-state index < -0.39 is 5.97 Å². The maximum Gasteiger partial charge on any atom is 0.303 e. The van der Waals surface area contributed by atoms with E-state index in [4.69, 9.17) is 5.11 Å².